The molecule has 1 unspecified atom stereocenters. The minimum Gasteiger partial charge on any atom is -0.481 e. The van der Waals surface area contributed by atoms with Gasteiger partial charge in [0.1, 0.15) is 0 Å². The van der Waals surface area contributed by atoms with Crippen LogP contribution in [0.3, 0.4) is 0 Å². The van der Waals surface area contributed by atoms with Crippen LogP contribution in [-0.4, -0.2) is 11.1 Å². The largest absolute Gasteiger partial charge is 0.481 e. The molecule has 0 saturated carbocycles. The summed E-state index contributed by atoms with van der Waals surface area (Å²) >= 11 is 0. The number of benzene rings is 1. The summed E-state index contributed by atoms with van der Waals surface area (Å²) in [6.45, 7) is 3.78. The Labute approximate surface area is 83.6 Å². The van der Waals surface area contributed by atoms with Crippen LogP contribution in [0.5, 0.6) is 0 Å². The topological polar surface area (TPSA) is 63.3 Å². The second kappa shape index (κ2) is 4.13. The van der Waals surface area contributed by atoms with Crippen molar-refractivity contribution in [3.8, 4) is 0 Å². The van der Waals surface area contributed by atoms with E-state index in [9.17, 15) is 4.79 Å². The number of anilines is 1. The lowest BCUT2D eigenvalue weighted by molar-refractivity contribution is -0.139. The molecular formula is C11H15NO2. The van der Waals surface area contributed by atoms with Gasteiger partial charge < -0.3 is 10.8 Å². The maximum Gasteiger partial charge on any atom is 0.311 e. The van der Waals surface area contributed by atoms with Crippen molar-refractivity contribution >= 4 is 11.7 Å². The van der Waals surface area contributed by atoms with Crippen molar-refractivity contribution in [2.24, 2.45) is 5.92 Å². The molecule has 0 aliphatic carbocycles. The zero-order valence-corrected chi connectivity index (χ0v) is 8.40. The highest BCUT2D eigenvalue weighted by Crippen LogP contribution is 2.25. The van der Waals surface area contributed by atoms with Gasteiger partial charge in [-0.3, -0.25) is 4.79 Å². The van der Waals surface area contributed by atoms with Crippen LogP contribution in [-0.2, 0) is 4.79 Å². The van der Waals surface area contributed by atoms with E-state index in [0.717, 1.165) is 5.56 Å². The number of carbonyl (C=O) groups is 1. The number of carboxylic acids is 1. The van der Waals surface area contributed by atoms with Crippen LogP contribution in [0.2, 0.25) is 0 Å². The highest BCUT2D eigenvalue weighted by Gasteiger charge is 2.23. The van der Waals surface area contributed by atoms with E-state index >= 15 is 0 Å². The number of hydrogen-bond acceptors (Lipinski definition) is 2. The van der Waals surface area contributed by atoms with Crippen molar-refractivity contribution in [2.45, 2.75) is 19.8 Å². The van der Waals surface area contributed by atoms with E-state index in [4.69, 9.17) is 10.8 Å². The van der Waals surface area contributed by atoms with E-state index in [-0.39, 0.29) is 5.92 Å². The summed E-state index contributed by atoms with van der Waals surface area (Å²) in [5, 5.41) is 9.05. The first-order valence-corrected chi connectivity index (χ1v) is 4.60. The molecule has 0 aliphatic heterocycles. The average Bonchev–Trinajstić information content (AvgIpc) is 2.02. The van der Waals surface area contributed by atoms with Gasteiger partial charge in [-0.25, -0.2) is 0 Å². The molecule has 0 aromatic heterocycles. The highest BCUT2D eigenvalue weighted by atomic mass is 16.4. The fourth-order valence-electron chi connectivity index (χ4n) is 1.57. The van der Waals surface area contributed by atoms with Gasteiger partial charge in [0.15, 0.2) is 0 Å². The number of hydrogen-bond donors (Lipinski definition) is 2. The molecule has 0 fully saturated rings. The van der Waals surface area contributed by atoms with Crippen LogP contribution in [0, 0.1) is 5.92 Å². The van der Waals surface area contributed by atoms with Crippen molar-refractivity contribution in [1.29, 1.82) is 0 Å². The van der Waals surface area contributed by atoms with Gasteiger partial charge in [0, 0.05) is 5.69 Å². The van der Waals surface area contributed by atoms with Crippen molar-refractivity contribution in [3.63, 3.8) is 0 Å². The first-order valence-electron chi connectivity index (χ1n) is 4.60. The van der Waals surface area contributed by atoms with Gasteiger partial charge in [-0.05, 0) is 23.6 Å². The van der Waals surface area contributed by atoms with Gasteiger partial charge in [0.2, 0.25) is 0 Å². The van der Waals surface area contributed by atoms with Crippen LogP contribution in [0.25, 0.3) is 0 Å². The number of carboxylic acid groups (broad SMARTS) is 1. The molecule has 0 spiro atoms. The fraction of sp³-hybridized carbons (Fsp3) is 0.364. The summed E-state index contributed by atoms with van der Waals surface area (Å²) in [6.07, 6.45) is 0. The van der Waals surface area contributed by atoms with Crippen molar-refractivity contribution in [2.75, 3.05) is 5.73 Å². The van der Waals surface area contributed by atoms with Gasteiger partial charge in [-0.15, -0.1) is 0 Å². The minimum atomic E-state index is -0.800. The molecule has 3 nitrogen and oxygen atoms in total. The third-order valence-corrected chi connectivity index (χ3v) is 2.20. The van der Waals surface area contributed by atoms with Gasteiger partial charge in [0.05, 0.1) is 5.92 Å². The SMILES string of the molecule is CC(C)C(C(=O)O)c1cccc(N)c1. The summed E-state index contributed by atoms with van der Waals surface area (Å²) in [5.41, 5.74) is 6.98. The summed E-state index contributed by atoms with van der Waals surface area (Å²) < 4.78 is 0. The molecule has 0 bridgehead atoms. The predicted octanol–water partition coefficient (Wildman–Crippen LogP) is 2.09. The molecule has 3 N–H and O–H groups in total. The maximum absolute atomic E-state index is 11.0. The Hall–Kier alpha value is -1.51. The molecular weight excluding hydrogens is 178 g/mol. The second-order valence-corrected chi connectivity index (χ2v) is 3.73. The molecule has 0 amide bonds. The highest BCUT2D eigenvalue weighted by molar-refractivity contribution is 5.76. The normalized spacial score (nSPS) is 12.8. The number of rotatable bonds is 3. The lowest BCUT2D eigenvalue weighted by atomic mass is 9.88. The predicted molar refractivity (Wildman–Crippen MR) is 56.1 cm³/mol. The second-order valence-electron chi connectivity index (χ2n) is 3.73. The van der Waals surface area contributed by atoms with E-state index in [1.54, 1.807) is 24.3 Å². The Morgan fingerprint density at radius 1 is 1.43 bits per heavy atom. The molecule has 0 heterocycles. The summed E-state index contributed by atoms with van der Waals surface area (Å²) in [5.74, 6) is -1.21. The smallest absolute Gasteiger partial charge is 0.311 e. The lowest BCUT2D eigenvalue weighted by Gasteiger charge is -2.16. The van der Waals surface area contributed by atoms with Gasteiger partial charge in [0.25, 0.3) is 0 Å². The third-order valence-electron chi connectivity index (χ3n) is 2.20. The quantitative estimate of drug-likeness (QED) is 0.722. The molecule has 1 rings (SSSR count). The molecule has 1 aromatic rings. The van der Waals surface area contributed by atoms with Gasteiger partial charge in [-0.1, -0.05) is 26.0 Å². The van der Waals surface area contributed by atoms with E-state index < -0.39 is 11.9 Å². The van der Waals surface area contributed by atoms with Crippen LogP contribution in [0.4, 0.5) is 5.69 Å². The van der Waals surface area contributed by atoms with Crippen LogP contribution < -0.4 is 5.73 Å². The lowest BCUT2D eigenvalue weighted by Crippen LogP contribution is -2.17. The Morgan fingerprint density at radius 2 is 2.07 bits per heavy atom. The average molecular weight is 193 g/mol. The fourth-order valence-corrected chi connectivity index (χ4v) is 1.57. The van der Waals surface area contributed by atoms with E-state index in [0.29, 0.717) is 5.69 Å². The van der Waals surface area contributed by atoms with Crippen molar-refractivity contribution < 1.29 is 9.90 Å². The molecule has 0 saturated heterocycles. The standard InChI is InChI=1S/C11H15NO2/c1-7(2)10(11(13)14)8-4-3-5-9(12)6-8/h3-7,10H,12H2,1-2H3,(H,13,14). The molecule has 0 aliphatic rings. The molecule has 76 valence electrons. The maximum atomic E-state index is 11.0. The summed E-state index contributed by atoms with van der Waals surface area (Å²) in [4.78, 5) is 11.0. The third kappa shape index (κ3) is 2.25. The minimum absolute atomic E-state index is 0.0642. The Morgan fingerprint density at radius 3 is 2.50 bits per heavy atom. The zero-order valence-electron chi connectivity index (χ0n) is 8.40. The van der Waals surface area contributed by atoms with E-state index in [1.165, 1.54) is 0 Å². The Kier molecular flexibility index (Phi) is 3.12. The molecule has 0 radical (unpaired) electrons. The molecule has 14 heavy (non-hydrogen) atoms. The van der Waals surface area contributed by atoms with Crippen molar-refractivity contribution in [1.82, 2.24) is 0 Å². The summed E-state index contributed by atoms with van der Waals surface area (Å²) in [7, 11) is 0. The van der Waals surface area contributed by atoms with Gasteiger partial charge >= 0.3 is 5.97 Å². The number of nitrogen functional groups attached to an aromatic ring is 1. The van der Waals surface area contributed by atoms with E-state index in [2.05, 4.69) is 0 Å². The Balaban J connectivity index is 3.05. The molecule has 1 atom stereocenters. The Bertz CT molecular complexity index is 334. The van der Waals surface area contributed by atoms with Crippen LogP contribution in [0.1, 0.15) is 25.3 Å². The first-order chi connectivity index (χ1) is 6.52. The number of aliphatic carboxylic acids is 1. The van der Waals surface area contributed by atoms with Crippen LogP contribution >= 0.6 is 0 Å². The van der Waals surface area contributed by atoms with Gasteiger partial charge in [-0.2, -0.15) is 0 Å². The number of nitrogens with two attached hydrogens (primary N) is 1. The van der Waals surface area contributed by atoms with Crippen molar-refractivity contribution in [3.05, 3.63) is 29.8 Å². The summed E-state index contributed by atoms with van der Waals surface area (Å²) in [6, 6.07) is 7.06. The zero-order chi connectivity index (χ0) is 10.7. The van der Waals surface area contributed by atoms with Crippen LogP contribution in [0.15, 0.2) is 24.3 Å². The molecule has 3 heteroatoms. The molecule has 1 aromatic carbocycles. The first kappa shape index (κ1) is 10.6. The van der Waals surface area contributed by atoms with E-state index in [1.807, 2.05) is 13.8 Å². The monoisotopic (exact) mass is 193 g/mol.